The fraction of sp³-hybridized carbons (Fsp3) is 0.636. The van der Waals surface area contributed by atoms with Gasteiger partial charge in [-0.3, -0.25) is 9.59 Å². The van der Waals surface area contributed by atoms with E-state index in [2.05, 4.69) is 0 Å². The van der Waals surface area contributed by atoms with Crippen molar-refractivity contribution in [3.8, 4) is 5.75 Å². The Kier molecular flexibility index (Phi) is 5.32. The molecule has 3 aliphatic rings. The third-order valence-corrected chi connectivity index (χ3v) is 6.76. The third-order valence-electron chi connectivity index (χ3n) is 6.76. The highest BCUT2D eigenvalue weighted by Crippen LogP contribution is 2.40. The van der Waals surface area contributed by atoms with E-state index in [0.717, 1.165) is 50.8 Å². The van der Waals surface area contributed by atoms with Crippen molar-refractivity contribution in [1.82, 2.24) is 9.80 Å². The molecule has 4 rings (SSSR count). The van der Waals surface area contributed by atoms with E-state index < -0.39 is 0 Å². The van der Waals surface area contributed by atoms with Crippen LogP contribution in [0.5, 0.6) is 5.75 Å². The third kappa shape index (κ3) is 3.88. The minimum Gasteiger partial charge on any atom is -0.508 e. The first kappa shape index (κ1) is 19.2. The Morgan fingerprint density at radius 3 is 2.75 bits per heavy atom. The van der Waals surface area contributed by atoms with Crippen LogP contribution in [0.3, 0.4) is 0 Å². The minimum absolute atomic E-state index is 0.0201. The van der Waals surface area contributed by atoms with Crippen LogP contribution in [0.2, 0.25) is 0 Å². The van der Waals surface area contributed by atoms with Gasteiger partial charge in [-0.2, -0.15) is 0 Å². The maximum Gasteiger partial charge on any atom is 0.253 e. The number of aromatic hydroxyl groups is 1. The van der Waals surface area contributed by atoms with Gasteiger partial charge in [0.2, 0.25) is 5.91 Å². The lowest BCUT2D eigenvalue weighted by atomic mass is 9.72. The zero-order valence-electron chi connectivity index (χ0n) is 16.7. The first-order valence-corrected chi connectivity index (χ1v) is 10.4. The van der Waals surface area contributed by atoms with E-state index in [9.17, 15) is 14.7 Å². The molecule has 6 nitrogen and oxygen atoms in total. The first-order chi connectivity index (χ1) is 13.5. The molecule has 3 saturated heterocycles. The van der Waals surface area contributed by atoms with E-state index >= 15 is 0 Å². The maximum atomic E-state index is 12.8. The molecule has 3 aliphatic heterocycles. The number of aryl methyl sites for hydroxylation is 1. The SMILES string of the molecule is Cc1ccc(C(=O)N2CCC3(CCC(=O)N(C[C@@H]4CCCO4)C3)CC2)cc1O. The highest BCUT2D eigenvalue weighted by molar-refractivity contribution is 5.94. The number of benzene rings is 1. The summed E-state index contributed by atoms with van der Waals surface area (Å²) in [6.07, 6.45) is 5.69. The van der Waals surface area contributed by atoms with Crippen LogP contribution in [-0.4, -0.2) is 65.6 Å². The Bertz CT molecular complexity index is 749. The van der Waals surface area contributed by atoms with Gasteiger partial charge >= 0.3 is 0 Å². The minimum atomic E-state index is -0.0201. The lowest BCUT2D eigenvalue weighted by Gasteiger charge is -2.47. The van der Waals surface area contributed by atoms with Crippen molar-refractivity contribution in [2.75, 3.05) is 32.8 Å². The van der Waals surface area contributed by atoms with Gasteiger partial charge in [-0.15, -0.1) is 0 Å². The van der Waals surface area contributed by atoms with Crippen LogP contribution < -0.4 is 0 Å². The van der Waals surface area contributed by atoms with Crippen LogP contribution in [0.15, 0.2) is 18.2 Å². The number of piperidine rings is 2. The molecule has 6 heteroatoms. The van der Waals surface area contributed by atoms with E-state index in [-0.39, 0.29) is 29.1 Å². The summed E-state index contributed by atoms with van der Waals surface area (Å²) in [6, 6.07) is 5.12. The summed E-state index contributed by atoms with van der Waals surface area (Å²) in [5.74, 6) is 0.387. The fourth-order valence-electron chi connectivity index (χ4n) is 4.82. The van der Waals surface area contributed by atoms with Crippen molar-refractivity contribution >= 4 is 11.8 Å². The number of carbonyl (C=O) groups excluding carboxylic acids is 2. The Balaban J connectivity index is 1.37. The smallest absolute Gasteiger partial charge is 0.253 e. The topological polar surface area (TPSA) is 70.1 Å². The molecule has 1 aromatic rings. The number of phenols is 1. The quantitative estimate of drug-likeness (QED) is 0.867. The van der Waals surface area contributed by atoms with Gasteiger partial charge in [0.15, 0.2) is 0 Å². The standard InChI is InChI=1S/C22H30N2O4/c1-16-4-5-17(13-19(16)25)21(27)23-10-8-22(9-11-23)7-6-20(26)24(15-22)14-18-3-2-12-28-18/h4-5,13,18,25H,2-3,6-12,14-15H2,1H3/t18-/m0/s1. The largest absolute Gasteiger partial charge is 0.508 e. The second-order valence-corrected chi connectivity index (χ2v) is 8.70. The number of likely N-dealkylation sites (tertiary alicyclic amines) is 2. The number of rotatable bonds is 3. The predicted molar refractivity (Wildman–Crippen MR) is 105 cm³/mol. The zero-order valence-corrected chi connectivity index (χ0v) is 16.7. The van der Waals surface area contributed by atoms with Crippen molar-refractivity contribution in [1.29, 1.82) is 0 Å². The summed E-state index contributed by atoms with van der Waals surface area (Å²) in [7, 11) is 0. The molecule has 1 N–H and O–H groups in total. The number of hydrogen-bond acceptors (Lipinski definition) is 4. The van der Waals surface area contributed by atoms with Crippen LogP contribution in [0, 0.1) is 12.3 Å². The molecule has 1 aromatic carbocycles. The van der Waals surface area contributed by atoms with Gasteiger partial charge in [0.25, 0.3) is 5.91 Å². The van der Waals surface area contributed by atoms with Crippen LogP contribution in [0.1, 0.15) is 54.4 Å². The van der Waals surface area contributed by atoms with Crippen molar-refractivity contribution < 1.29 is 19.4 Å². The van der Waals surface area contributed by atoms with Gasteiger partial charge in [0, 0.05) is 44.8 Å². The van der Waals surface area contributed by atoms with Gasteiger partial charge in [0.1, 0.15) is 5.75 Å². The second kappa shape index (κ2) is 7.74. The molecular weight excluding hydrogens is 356 g/mol. The molecule has 0 unspecified atom stereocenters. The van der Waals surface area contributed by atoms with Crippen LogP contribution in [0.4, 0.5) is 0 Å². The van der Waals surface area contributed by atoms with E-state index in [1.54, 1.807) is 18.2 Å². The molecule has 0 radical (unpaired) electrons. The summed E-state index contributed by atoms with van der Waals surface area (Å²) in [6.45, 7) is 5.54. The molecule has 0 bridgehead atoms. The molecule has 0 saturated carbocycles. The predicted octanol–water partition coefficient (Wildman–Crippen LogP) is 2.72. The van der Waals surface area contributed by atoms with Gasteiger partial charge in [-0.1, -0.05) is 6.07 Å². The Morgan fingerprint density at radius 1 is 1.29 bits per heavy atom. The first-order valence-electron chi connectivity index (χ1n) is 10.4. The molecule has 1 atom stereocenters. The molecule has 1 spiro atoms. The lowest BCUT2D eigenvalue weighted by Crippen LogP contribution is -2.53. The molecule has 2 amide bonds. The number of phenolic OH excluding ortho intramolecular Hbond substituents is 1. The summed E-state index contributed by atoms with van der Waals surface area (Å²) < 4.78 is 5.73. The normalized spacial score (nSPS) is 24.8. The molecular formula is C22H30N2O4. The number of ether oxygens (including phenoxy) is 1. The summed E-state index contributed by atoms with van der Waals surface area (Å²) in [5.41, 5.74) is 1.43. The number of amides is 2. The van der Waals surface area contributed by atoms with E-state index in [4.69, 9.17) is 4.74 Å². The average Bonchev–Trinajstić information content (AvgIpc) is 3.20. The number of hydrogen-bond donors (Lipinski definition) is 1. The van der Waals surface area contributed by atoms with Gasteiger partial charge in [-0.25, -0.2) is 0 Å². The molecule has 3 heterocycles. The van der Waals surface area contributed by atoms with E-state index in [1.807, 2.05) is 16.7 Å². The van der Waals surface area contributed by atoms with Crippen molar-refractivity contribution in [3.05, 3.63) is 29.3 Å². The van der Waals surface area contributed by atoms with Crippen LogP contribution >= 0.6 is 0 Å². The second-order valence-electron chi connectivity index (χ2n) is 8.70. The lowest BCUT2D eigenvalue weighted by molar-refractivity contribution is -0.141. The summed E-state index contributed by atoms with van der Waals surface area (Å²) in [5, 5.41) is 9.90. The van der Waals surface area contributed by atoms with Crippen molar-refractivity contribution in [3.63, 3.8) is 0 Å². The van der Waals surface area contributed by atoms with Gasteiger partial charge < -0.3 is 19.6 Å². The molecule has 3 fully saturated rings. The Hall–Kier alpha value is -2.08. The Labute approximate surface area is 166 Å². The number of carbonyl (C=O) groups is 2. The highest BCUT2D eigenvalue weighted by Gasteiger charge is 2.42. The van der Waals surface area contributed by atoms with E-state index in [1.165, 1.54) is 0 Å². The number of nitrogens with zero attached hydrogens (tertiary/aromatic N) is 2. The van der Waals surface area contributed by atoms with Crippen LogP contribution in [-0.2, 0) is 9.53 Å². The van der Waals surface area contributed by atoms with Gasteiger partial charge in [-0.05, 0) is 62.1 Å². The van der Waals surface area contributed by atoms with Gasteiger partial charge in [0.05, 0.1) is 6.10 Å². The monoisotopic (exact) mass is 386 g/mol. The van der Waals surface area contributed by atoms with Crippen molar-refractivity contribution in [2.45, 2.75) is 51.6 Å². The molecule has 152 valence electrons. The van der Waals surface area contributed by atoms with E-state index in [0.29, 0.717) is 31.6 Å². The summed E-state index contributed by atoms with van der Waals surface area (Å²) >= 11 is 0. The van der Waals surface area contributed by atoms with Crippen LogP contribution in [0.25, 0.3) is 0 Å². The van der Waals surface area contributed by atoms with Crippen molar-refractivity contribution in [2.24, 2.45) is 5.41 Å². The highest BCUT2D eigenvalue weighted by atomic mass is 16.5. The summed E-state index contributed by atoms with van der Waals surface area (Å²) in [4.78, 5) is 29.1. The molecule has 28 heavy (non-hydrogen) atoms. The average molecular weight is 386 g/mol. The fourth-order valence-corrected chi connectivity index (χ4v) is 4.82. The Morgan fingerprint density at radius 2 is 2.07 bits per heavy atom. The zero-order chi connectivity index (χ0) is 19.7. The maximum absolute atomic E-state index is 12.8. The molecule has 0 aromatic heterocycles. The molecule has 0 aliphatic carbocycles.